The Morgan fingerprint density at radius 2 is 0.640 bits per heavy atom. The van der Waals surface area contributed by atoms with Gasteiger partial charge in [0.2, 0.25) is 0 Å². The number of fused-ring (bicyclic) bond motifs is 8. The molecule has 19 nitrogen and oxygen atoms in total. The lowest BCUT2D eigenvalue weighted by Crippen LogP contribution is -2.32. The van der Waals surface area contributed by atoms with Crippen LogP contribution in [-0.4, -0.2) is 82.6 Å². The zero-order valence-corrected chi connectivity index (χ0v) is 79.1. The van der Waals surface area contributed by atoms with Crippen LogP contribution in [-0.2, 0) is 6.61 Å². The molecule has 8 heterocycles. The molecule has 0 aliphatic heterocycles. The van der Waals surface area contributed by atoms with Crippen LogP contribution in [0.15, 0.2) is 294 Å². The topological polar surface area (TPSA) is 288 Å². The van der Waals surface area contributed by atoms with Crippen molar-refractivity contribution in [2.45, 2.75) is 137 Å². The van der Waals surface area contributed by atoms with Crippen molar-refractivity contribution in [3.63, 3.8) is 0 Å². The van der Waals surface area contributed by atoms with E-state index in [1.54, 1.807) is 65.1 Å². The molecule has 23 rings (SSSR count). The van der Waals surface area contributed by atoms with Crippen molar-refractivity contribution in [1.82, 2.24) is 19.9 Å². The standard InChI is InChI=1S/2C30H25NO4.C30H25NO3S.C28H20N2O3S/c2*1-17-12-13-26(34-21-14-20(15-21)19-8-4-3-5-9-19)27-23(30(32)33)16-24(31-28(17)27)29-18(2)22-10-6-7-11-25(22)35-29;1-17-12-13-25(34-21-14-20(15-21)19-8-4-3-5-9-19)27-23(30(32)33)16-24(31-28(17)27)29-18(2)22-10-6-7-11-26(22)35-29;1-16-11-12-23(33-15-19-8-4-3-7-18(19)14-29)25-21(28(31)32)13-22(30-26(16)25)27-17(2)20-9-5-6-10-24(20)34-27/h3*3-13,16,20-21H,14-15H2,1-2H3,(H,32,33);3-13H,15H2,1-2H3,(H,31,32). The number of nitriles is 1. The fourth-order valence-electron chi connectivity index (χ4n) is 19.4. The number of pyridine rings is 4. The van der Waals surface area contributed by atoms with E-state index < -0.39 is 23.9 Å². The Morgan fingerprint density at radius 3 is 0.978 bits per heavy atom. The first-order valence-electron chi connectivity index (χ1n) is 46.4. The van der Waals surface area contributed by atoms with Gasteiger partial charge in [0, 0.05) is 36.9 Å². The Balaban J connectivity index is 0.000000114. The van der Waals surface area contributed by atoms with Crippen molar-refractivity contribution < 1.29 is 67.4 Å². The molecule has 3 aliphatic rings. The van der Waals surface area contributed by atoms with E-state index in [0.717, 1.165) is 130 Å². The van der Waals surface area contributed by atoms with Gasteiger partial charge in [0.15, 0.2) is 11.5 Å². The molecule has 0 atom stereocenters. The second-order valence-electron chi connectivity index (χ2n) is 36.1. The van der Waals surface area contributed by atoms with E-state index >= 15 is 0 Å². The van der Waals surface area contributed by atoms with Gasteiger partial charge < -0.3 is 48.2 Å². The van der Waals surface area contributed by atoms with Crippen molar-refractivity contribution in [3.8, 4) is 73.1 Å². The molecule has 0 saturated heterocycles. The van der Waals surface area contributed by atoms with Crippen molar-refractivity contribution in [1.29, 1.82) is 5.26 Å². The molecule has 0 unspecified atom stereocenters. The third-order valence-corrected chi connectivity index (χ3v) is 29.8. The number of hydrogen-bond donors (Lipinski definition) is 4. The lowest BCUT2D eigenvalue weighted by atomic mass is 9.77. The van der Waals surface area contributed by atoms with Gasteiger partial charge in [-0.3, -0.25) is 0 Å². The second-order valence-corrected chi connectivity index (χ2v) is 38.2. The number of aromatic carboxylic acids is 4. The number of para-hydroxylation sites is 2. The average molecular weight is 1870 g/mol. The summed E-state index contributed by atoms with van der Waals surface area (Å²) in [5, 5.41) is 56.4. The summed E-state index contributed by atoms with van der Waals surface area (Å²) >= 11 is 3.26. The van der Waals surface area contributed by atoms with Crippen LogP contribution in [0.1, 0.15) is 170 Å². The number of carboxylic acid groups (broad SMARTS) is 4. The van der Waals surface area contributed by atoms with Gasteiger partial charge in [0.1, 0.15) is 52.2 Å². The van der Waals surface area contributed by atoms with Gasteiger partial charge in [0.25, 0.3) is 0 Å². The van der Waals surface area contributed by atoms with E-state index in [-0.39, 0.29) is 47.2 Å². The van der Waals surface area contributed by atoms with Gasteiger partial charge in [0.05, 0.1) is 117 Å². The van der Waals surface area contributed by atoms with Crippen LogP contribution < -0.4 is 18.9 Å². The number of nitrogens with zero attached hydrogens (tertiary/aromatic N) is 5. The molecule has 21 heteroatoms. The van der Waals surface area contributed by atoms with E-state index in [1.807, 2.05) is 194 Å². The molecule has 4 N–H and O–H groups in total. The van der Waals surface area contributed by atoms with Crippen LogP contribution >= 0.6 is 22.7 Å². The van der Waals surface area contributed by atoms with Gasteiger partial charge in [-0.1, -0.05) is 206 Å². The Morgan fingerprint density at radius 1 is 0.345 bits per heavy atom. The summed E-state index contributed by atoms with van der Waals surface area (Å²) in [7, 11) is 0. The molecule has 12 aromatic carbocycles. The number of thiophene rings is 2. The summed E-state index contributed by atoms with van der Waals surface area (Å²) in [6.45, 7) is 16.0. The fraction of sp³-hybridized carbons (Fsp3) is 0.178. The van der Waals surface area contributed by atoms with Crippen LogP contribution in [0.25, 0.3) is 130 Å². The largest absolute Gasteiger partial charge is 0.490 e. The third-order valence-electron chi connectivity index (χ3n) is 27.2. The monoisotopic (exact) mass is 1870 g/mol. The maximum atomic E-state index is 12.4. The molecular weight excluding hydrogens is 1780 g/mol. The van der Waals surface area contributed by atoms with E-state index in [4.69, 9.17) is 47.7 Å². The van der Waals surface area contributed by atoms with Crippen molar-refractivity contribution in [3.05, 3.63) is 380 Å². The number of rotatable bonds is 20. The van der Waals surface area contributed by atoms with Gasteiger partial charge in [-0.25, -0.2) is 39.1 Å². The minimum Gasteiger partial charge on any atom is -0.490 e. The van der Waals surface area contributed by atoms with Crippen LogP contribution in [0.2, 0.25) is 0 Å². The average Bonchev–Trinajstić information content (AvgIpc) is 1.75. The van der Waals surface area contributed by atoms with Crippen LogP contribution in [0.5, 0.6) is 23.0 Å². The molecule has 3 saturated carbocycles. The minimum absolute atomic E-state index is 0.0463. The molecule has 0 radical (unpaired) electrons. The first-order chi connectivity index (χ1) is 67.4. The quantitative estimate of drug-likeness (QED) is 0.0551. The van der Waals surface area contributed by atoms with Crippen LogP contribution in [0.4, 0.5) is 0 Å². The van der Waals surface area contributed by atoms with E-state index in [0.29, 0.717) is 124 Å². The van der Waals surface area contributed by atoms with Crippen molar-refractivity contribution >= 4 is 132 Å². The third kappa shape index (κ3) is 17.8. The lowest BCUT2D eigenvalue weighted by molar-refractivity contribution is 0.0687. The maximum Gasteiger partial charge on any atom is 0.336 e. The molecule has 8 aromatic heterocycles. The molecule has 20 aromatic rings. The number of hydrogen-bond acceptors (Lipinski definition) is 17. The van der Waals surface area contributed by atoms with Gasteiger partial charge >= 0.3 is 23.9 Å². The zero-order chi connectivity index (χ0) is 96.1. The molecule has 0 amide bonds. The Kier molecular flexibility index (Phi) is 24.9. The molecule has 0 spiro atoms. The summed E-state index contributed by atoms with van der Waals surface area (Å²) in [6, 6.07) is 94.4. The Labute approximate surface area is 808 Å². The van der Waals surface area contributed by atoms with Crippen molar-refractivity contribution in [2.75, 3.05) is 0 Å². The number of ether oxygens (including phenoxy) is 4. The number of aryl methyl sites for hydroxylation is 8. The molecule has 688 valence electrons. The highest BCUT2D eigenvalue weighted by molar-refractivity contribution is 7.22. The predicted molar refractivity (Wildman–Crippen MR) is 549 cm³/mol. The zero-order valence-electron chi connectivity index (χ0n) is 77.5. The first kappa shape index (κ1) is 90.6. The normalized spacial score (nSPS) is 15.8. The summed E-state index contributed by atoms with van der Waals surface area (Å²) in [6.07, 6.45) is 5.64. The second kappa shape index (κ2) is 38.2. The number of carboxylic acids is 4. The molecular formula is C118H95N5O14S2. The number of furan rings is 2. The van der Waals surface area contributed by atoms with Crippen LogP contribution in [0, 0.1) is 66.7 Å². The van der Waals surface area contributed by atoms with Crippen molar-refractivity contribution in [2.24, 2.45) is 0 Å². The Bertz CT molecular complexity index is 7730. The number of benzene rings is 12. The highest BCUT2D eigenvalue weighted by atomic mass is 32.1. The Hall–Kier alpha value is -16.2. The smallest absolute Gasteiger partial charge is 0.336 e. The number of aromatic nitrogens is 4. The van der Waals surface area contributed by atoms with E-state index in [9.17, 15) is 44.9 Å². The highest BCUT2D eigenvalue weighted by Crippen LogP contribution is 2.50. The first-order valence-corrected chi connectivity index (χ1v) is 48.0. The SMILES string of the molecule is Cc1c(-c2cc(C(=O)O)c3c(OC4CC(c5ccccc5)C4)ccc(C)c3n2)oc2ccccc12.Cc1c(-c2cc(C(=O)O)c3c(OC4CC(c5ccccc5)C4)ccc(C)c3n2)oc2ccccc12.Cc1c(-c2cc(C(=O)O)c3c(OC4CC(c5ccccc5)C4)ccc(C)c3n2)sc2ccccc12.Cc1c(-c2cc(C(=O)O)c3c(OCc4ccccc4C#N)ccc(C)c3n2)sc2ccccc12. The maximum absolute atomic E-state index is 12.4. The molecule has 3 aliphatic carbocycles. The molecule has 139 heavy (non-hydrogen) atoms. The van der Waals surface area contributed by atoms with E-state index in [2.05, 4.69) is 110 Å². The molecule has 3 fully saturated rings. The highest BCUT2D eigenvalue weighted by Gasteiger charge is 2.37. The van der Waals surface area contributed by atoms with Gasteiger partial charge in [-0.15, -0.1) is 22.7 Å². The predicted octanol–water partition coefficient (Wildman–Crippen LogP) is 29.2. The van der Waals surface area contributed by atoms with Gasteiger partial charge in [-0.2, -0.15) is 5.26 Å². The molecule has 0 bridgehead atoms. The minimum atomic E-state index is -1.04. The van der Waals surface area contributed by atoms with E-state index in [1.165, 1.54) is 26.8 Å². The number of carbonyl (C=O) groups is 4. The summed E-state index contributed by atoms with van der Waals surface area (Å²) < 4.78 is 39.6. The summed E-state index contributed by atoms with van der Waals surface area (Å²) in [5.74, 6) is 0.732. The lowest BCUT2D eigenvalue weighted by Gasteiger charge is -2.36. The van der Waals surface area contributed by atoms with Crippen LogP contribution in [0.3, 0.4) is 0 Å². The van der Waals surface area contributed by atoms with Gasteiger partial charge in [-0.05, 0) is 251 Å². The summed E-state index contributed by atoms with van der Waals surface area (Å²) in [5.41, 5.74) is 20.0. The summed E-state index contributed by atoms with van der Waals surface area (Å²) in [4.78, 5) is 71.3. The fourth-order valence-corrected chi connectivity index (χ4v) is 21.8.